The minimum absolute atomic E-state index is 0.514. The molecule has 2 atom stereocenters. The molecule has 0 aliphatic heterocycles. The molecule has 116 valence electrons. The van der Waals surface area contributed by atoms with E-state index in [1.165, 1.54) is 12.8 Å². The van der Waals surface area contributed by atoms with Crippen molar-refractivity contribution in [2.24, 2.45) is 5.92 Å². The van der Waals surface area contributed by atoms with Crippen LogP contribution in [0, 0.1) is 5.92 Å². The van der Waals surface area contributed by atoms with Crippen molar-refractivity contribution in [2.75, 3.05) is 19.4 Å². The van der Waals surface area contributed by atoms with Crippen molar-refractivity contribution in [3.63, 3.8) is 0 Å². The second kappa shape index (κ2) is 11.9. The van der Waals surface area contributed by atoms with Gasteiger partial charge in [-0.25, -0.2) is 0 Å². The lowest BCUT2D eigenvalue weighted by molar-refractivity contribution is 0.171. The normalized spacial score (nSPS) is 16.2. The molecule has 0 aliphatic rings. The Kier molecular flexibility index (Phi) is 12.0. The molecule has 0 spiro atoms. The Balaban J connectivity index is 4.24. The first-order valence-corrected chi connectivity index (χ1v) is 9.72. The van der Waals surface area contributed by atoms with Gasteiger partial charge in [0.15, 0.2) is 0 Å². The van der Waals surface area contributed by atoms with Crippen LogP contribution in [0.15, 0.2) is 0 Å². The first kappa shape index (κ1) is 19.1. The van der Waals surface area contributed by atoms with Crippen LogP contribution < -0.4 is 0 Å². The Morgan fingerprint density at radius 2 is 1.63 bits per heavy atom. The summed E-state index contributed by atoms with van der Waals surface area (Å²) in [7, 11) is -2.85. The van der Waals surface area contributed by atoms with Crippen molar-refractivity contribution in [1.82, 2.24) is 0 Å². The predicted molar refractivity (Wildman–Crippen MR) is 82.9 cm³/mol. The smallest absolute Gasteiger partial charge is 0.309 e. The Bertz CT molecular complexity index is 232. The van der Waals surface area contributed by atoms with Gasteiger partial charge in [0.2, 0.25) is 0 Å². The molecule has 0 N–H and O–H groups in total. The van der Waals surface area contributed by atoms with E-state index in [1.54, 1.807) is 0 Å². The van der Waals surface area contributed by atoms with Crippen molar-refractivity contribution in [3.05, 3.63) is 0 Å². The molecule has 0 saturated carbocycles. The van der Waals surface area contributed by atoms with E-state index in [-0.39, 0.29) is 0 Å². The SMILES string of the molecule is CCCCC(CC)COP(=O)(CCCC)OCCC. The lowest BCUT2D eigenvalue weighted by atomic mass is 10.0. The fourth-order valence-corrected chi connectivity index (χ4v) is 3.80. The van der Waals surface area contributed by atoms with Crippen molar-refractivity contribution in [3.8, 4) is 0 Å². The van der Waals surface area contributed by atoms with Crippen LogP contribution in [-0.2, 0) is 13.6 Å². The second-order valence-corrected chi connectivity index (χ2v) is 7.42. The number of unbranched alkanes of at least 4 members (excludes halogenated alkanes) is 2. The van der Waals surface area contributed by atoms with Gasteiger partial charge in [0, 0.05) is 0 Å². The predicted octanol–water partition coefficient (Wildman–Crippen LogP) is 5.64. The summed E-state index contributed by atoms with van der Waals surface area (Å²) < 4.78 is 23.8. The molecule has 0 amide bonds. The van der Waals surface area contributed by atoms with Gasteiger partial charge in [0.25, 0.3) is 0 Å². The summed E-state index contributed by atoms with van der Waals surface area (Å²) in [6.45, 7) is 9.62. The molecule has 0 bridgehead atoms. The molecule has 4 heteroatoms. The minimum atomic E-state index is -2.85. The van der Waals surface area contributed by atoms with Gasteiger partial charge in [-0.3, -0.25) is 4.57 Å². The van der Waals surface area contributed by atoms with E-state index in [0.29, 0.717) is 25.3 Å². The minimum Gasteiger partial charge on any atom is -0.309 e. The van der Waals surface area contributed by atoms with Crippen LogP contribution in [0.2, 0.25) is 0 Å². The lowest BCUT2D eigenvalue weighted by Gasteiger charge is -2.21. The van der Waals surface area contributed by atoms with Crippen LogP contribution in [0.5, 0.6) is 0 Å². The highest BCUT2D eigenvalue weighted by atomic mass is 31.2. The molecule has 0 fully saturated rings. The number of hydrogen-bond donors (Lipinski definition) is 0. The Hall–Kier alpha value is 0.150. The molecule has 2 unspecified atom stereocenters. The quantitative estimate of drug-likeness (QED) is 0.412. The molecule has 0 aromatic heterocycles. The average Bonchev–Trinajstić information content (AvgIpc) is 2.43. The Morgan fingerprint density at radius 3 is 2.16 bits per heavy atom. The lowest BCUT2D eigenvalue weighted by Crippen LogP contribution is -2.10. The maximum absolute atomic E-state index is 12.6. The molecule has 0 radical (unpaired) electrons. The van der Waals surface area contributed by atoms with Gasteiger partial charge in [0.1, 0.15) is 0 Å². The first-order valence-electron chi connectivity index (χ1n) is 7.99. The largest absolute Gasteiger partial charge is 0.330 e. The van der Waals surface area contributed by atoms with Crippen LogP contribution in [0.25, 0.3) is 0 Å². The summed E-state index contributed by atoms with van der Waals surface area (Å²) in [5, 5.41) is 0. The highest BCUT2D eigenvalue weighted by Gasteiger charge is 2.24. The van der Waals surface area contributed by atoms with Gasteiger partial charge < -0.3 is 9.05 Å². The van der Waals surface area contributed by atoms with E-state index in [1.807, 2.05) is 6.92 Å². The van der Waals surface area contributed by atoms with Gasteiger partial charge in [-0.05, 0) is 25.2 Å². The standard InChI is InChI=1S/C15H33O3P/c1-5-9-11-15(8-4)14-18-19(16,13-10-6-2)17-12-7-3/h15H,5-14H2,1-4H3. The zero-order valence-electron chi connectivity index (χ0n) is 13.3. The summed E-state index contributed by atoms with van der Waals surface area (Å²) >= 11 is 0. The maximum atomic E-state index is 12.6. The van der Waals surface area contributed by atoms with Crippen LogP contribution in [-0.4, -0.2) is 19.4 Å². The Labute approximate surface area is 120 Å². The van der Waals surface area contributed by atoms with Crippen LogP contribution in [0.3, 0.4) is 0 Å². The number of hydrogen-bond acceptors (Lipinski definition) is 3. The van der Waals surface area contributed by atoms with E-state index in [9.17, 15) is 4.57 Å². The fourth-order valence-electron chi connectivity index (χ4n) is 1.87. The summed E-state index contributed by atoms with van der Waals surface area (Å²) in [5.41, 5.74) is 0. The molecule has 0 heterocycles. The van der Waals surface area contributed by atoms with Gasteiger partial charge in [-0.2, -0.15) is 0 Å². The maximum Gasteiger partial charge on any atom is 0.330 e. The third-order valence-corrected chi connectivity index (χ3v) is 5.31. The second-order valence-electron chi connectivity index (χ2n) is 5.23. The van der Waals surface area contributed by atoms with Crippen molar-refractivity contribution >= 4 is 7.60 Å². The third-order valence-electron chi connectivity index (χ3n) is 3.33. The molecule has 19 heavy (non-hydrogen) atoms. The molecule has 3 nitrogen and oxygen atoms in total. The molecule has 0 aromatic rings. The van der Waals surface area contributed by atoms with Crippen LogP contribution >= 0.6 is 7.60 Å². The summed E-state index contributed by atoms with van der Waals surface area (Å²) in [4.78, 5) is 0. The topological polar surface area (TPSA) is 35.5 Å². The van der Waals surface area contributed by atoms with Gasteiger partial charge >= 0.3 is 7.60 Å². The number of rotatable bonds is 13. The van der Waals surface area contributed by atoms with Crippen molar-refractivity contribution < 1.29 is 13.6 Å². The molecule has 0 aromatic carbocycles. The zero-order chi connectivity index (χ0) is 14.6. The van der Waals surface area contributed by atoms with Crippen molar-refractivity contribution in [2.45, 2.75) is 72.6 Å². The molecule has 0 saturated heterocycles. The van der Waals surface area contributed by atoms with E-state index < -0.39 is 7.60 Å². The Morgan fingerprint density at radius 1 is 0.947 bits per heavy atom. The molecule has 0 aliphatic carbocycles. The highest BCUT2D eigenvalue weighted by Crippen LogP contribution is 2.49. The molecular weight excluding hydrogens is 259 g/mol. The van der Waals surface area contributed by atoms with E-state index in [0.717, 1.165) is 32.1 Å². The fraction of sp³-hybridized carbons (Fsp3) is 1.00. The highest BCUT2D eigenvalue weighted by molar-refractivity contribution is 7.53. The summed E-state index contributed by atoms with van der Waals surface area (Å²) in [6, 6.07) is 0. The molecular formula is C15H33O3P. The van der Waals surface area contributed by atoms with Crippen LogP contribution in [0.1, 0.15) is 72.6 Å². The van der Waals surface area contributed by atoms with Crippen LogP contribution in [0.4, 0.5) is 0 Å². The summed E-state index contributed by atoms with van der Waals surface area (Å²) in [5.74, 6) is 0.514. The van der Waals surface area contributed by atoms with E-state index in [4.69, 9.17) is 9.05 Å². The molecule has 0 rings (SSSR count). The van der Waals surface area contributed by atoms with Crippen molar-refractivity contribution in [1.29, 1.82) is 0 Å². The first-order chi connectivity index (χ1) is 9.11. The van der Waals surface area contributed by atoms with Gasteiger partial charge in [-0.15, -0.1) is 0 Å². The third kappa shape index (κ3) is 9.65. The average molecular weight is 292 g/mol. The monoisotopic (exact) mass is 292 g/mol. The summed E-state index contributed by atoms with van der Waals surface area (Å²) in [6.07, 6.45) is 8.05. The van der Waals surface area contributed by atoms with Gasteiger partial charge in [-0.1, -0.05) is 53.4 Å². The van der Waals surface area contributed by atoms with Gasteiger partial charge in [0.05, 0.1) is 19.4 Å². The van der Waals surface area contributed by atoms with E-state index >= 15 is 0 Å². The zero-order valence-corrected chi connectivity index (χ0v) is 14.2. The van der Waals surface area contributed by atoms with E-state index in [2.05, 4.69) is 20.8 Å².